The van der Waals surface area contributed by atoms with E-state index < -0.39 is 0 Å². The zero-order valence-corrected chi connectivity index (χ0v) is 11.9. The second kappa shape index (κ2) is 7.63. The van der Waals surface area contributed by atoms with Gasteiger partial charge >= 0.3 is 0 Å². The van der Waals surface area contributed by atoms with Crippen LogP contribution < -0.4 is 14.8 Å². The second-order valence-electron chi connectivity index (χ2n) is 4.22. The molecule has 5 heteroatoms. The Hall–Kier alpha value is -1.75. The molecule has 0 heterocycles. The van der Waals surface area contributed by atoms with Crippen LogP contribution in [0.25, 0.3) is 0 Å². The fourth-order valence-corrected chi connectivity index (χ4v) is 1.58. The predicted octanol–water partition coefficient (Wildman–Crippen LogP) is 1.40. The molecule has 106 valence electrons. The number of ether oxygens (including phenoxy) is 3. The highest BCUT2D eigenvalue weighted by molar-refractivity contribution is 5.78. The number of hydrogen-bond acceptors (Lipinski definition) is 4. The lowest BCUT2D eigenvalue weighted by molar-refractivity contribution is -0.120. The van der Waals surface area contributed by atoms with Gasteiger partial charge in [-0.2, -0.15) is 0 Å². The summed E-state index contributed by atoms with van der Waals surface area (Å²) < 4.78 is 15.4. The van der Waals surface area contributed by atoms with Gasteiger partial charge in [-0.15, -0.1) is 0 Å². The molecule has 1 aromatic rings. The summed E-state index contributed by atoms with van der Waals surface area (Å²) in [6, 6.07) is 5.44. The fraction of sp³-hybridized carbons (Fsp3) is 0.500. The lowest BCUT2D eigenvalue weighted by atomic mass is 10.1. The molecule has 1 atom stereocenters. The highest BCUT2D eigenvalue weighted by Gasteiger charge is 2.09. The van der Waals surface area contributed by atoms with Gasteiger partial charge in [-0.1, -0.05) is 6.07 Å². The summed E-state index contributed by atoms with van der Waals surface area (Å²) in [5.41, 5.74) is 0.875. The van der Waals surface area contributed by atoms with Crippen molar-refractivity contribution in [3.63, 3.8) is 0 Å². The van der Waals surface area contributed by atoms with Crippen LogP contribution in [-0.2, 0) is 16.0 Å². The maximum atomic E-state index is 11.7. The third kappa shape index (κ3) is 4.79. The van der Waals surface area contributed by atoms with Crippen molar-refractivity contribution in [2.45, 2.75) is 19.4 Å². The molecule has 0 saturated heterocycles. The first-order chi connectivity index (χ1) is 9.10. The van der Waals surface area contributed by atoms with E-state index in [-0.39, 0.29) is 12.0 Å². The van der Waals surface area contributed by atoms with Gasteiger partial charge in [0.15, 0.2) is 11.5 Å². The summed E-state index contributed by atoms with van der Waals surface area (Å²) in [5, 5.41) is 2.81. The molecule has 1 rings (SSSR count). The smallest absolute Gasteiger partial charge is 0.224 e. The average Bonchev–Trinajstić information content (AvgIpc) is 2.44. The summed E-state index contributed by atoms with van der Waals surface area (Å²) in [6.07, 6.45) is 0.311. The van der Waals surface area contributed by atoms with Crippen LogP contribution in [0.4, 0.5) is 0 Å². The molecule has 0 aliphatic heterocycles. The van der Waals surface area contributed by atoms with Crippen molar-refractivity contribution < 1.29 is 19.0 Å². The number of carbonyl (C=O) groups excluding carboxylic acids is 1. The second-order valence-corrected chi connectivity index (χ2v) is 4.22. The quantitative estimate of drug-likeness (QED) is 0.811. The molecule has 0 radical (unpaired) electrons. The third-order valence-corrected chi connectivity index (χ3v) is 2.80. The monoisotopic (exact) mass is 267 g/mol. The Morgan fingerprint density at radius 2 is 1.89 bits per heavy atom. The van der Waals surface area contributed by atoms with Gasteiger partial charge in [0.2, 0.25) is 5.91 Å². The molecule has 0 fully saturated rings. The lowest BCUT2D eigenvalue weighted by Gasteiger charge is -2.12. The largest absolute Gasteiger partial charge is 0.493 e. The minimum atomic E-state index is -0.0453. The molecule has 0 aliphatic rings. The van der Waals surface area contributed by atoms with Crippen molar-refractivity contribution in [1.82, 2.24) is 5.32 Å². The van der Waals surface area contributed by atoms with Crippen molar-refractivity contribution >= 4 is 5.91 Å². The van der Waals surface area contributed by atoms with E-state index >= 15 is 0 Å². The van der Waals surface area contributed by atoms with E-state index in [2.05, 4.69) is 5.32 Å². The first-order valence-electron chi connectivity index (χ1n) is 6.11. The van der Waals surface area contributed by atoms with E-state index in [4.69, 9.17) is 14.2 Å². The van der Waals surface area contributed by atoms with Gasteiger partial charge in [0.05, 0.1) is 26.7 Å². The van der Waals surface area contributed by atoms with Crippen LogP contribution in [0.3, 0.4) is 0 Å². The normalized spacial score (nSPS) is 11.8. The summed E-state index contributed by atoms with van der Waals surface area (Å²) in [7, 11) is 4.77. The SMILES string of the molecule is COc1ccc(CC(=O)NCC(C)OC)cc1OC. The van der Waals surface area contributed by atoms with E-state index in [0.29, 0.717) is 24.5 Å². The van der Waals surface area contributed by atoms with Gasteiger partial charge < -0.3 is 19.5 Å². The molecule has 19 heavy (non-hydrogen) atoms. The Labute approximate surface area is 113 Å². The summed E-state index contributed by atoms with van der Waals surface area (Å²) in [4.78, 5) is 11.7. The Morgan fingerprint density at radius 1 is 1.21 bits per heavy atom. The Kier molecular flexibility index (Phi) is 6.15. The molecule has 5 nitrogen and oxygen atoms in total. The summed E-state index contributed by atoms with van der Waals surface area (Å²) in [6.45, 7) is 2.40. The van der Waals surface area contributed by atoms with Crippen molar-refractivity contribution in [3.05, 3.63) is 23.8 Å². The number of benzene rings is 1. The van der Waals surface area contributed by atoms with Crippen LogP contribution in [-0.4, -0.2) is 39.9 Å². The first kappa shape index (κ1) is 15.3. The zero-order valence-electron chi connectivity index (χ0n) is 11.9. The average molecular weight is 267 g/mol. The van der Waals surface area contributed by atoms with Crippen LogP contribution in [0, 0.1) is 0 Å². The van der Waals surface area contributed by atoms with Crippen LogP contribution >= 0.6 is 0 Å². The number of methoxy groups -OCH3 is 3. The number of amides is 1. The molecule has 1 unspecified atom stereocenters. The molecule has 0 bridgehead atoms. The standard InChI is InChI=1S/C14H21NO4/c1-10(17-2)9-15-14(16)8-11-5-6-12(18-3)13(7-11)19-4/h5-7,10H,8-9H2,1-4H3,(H,15,16). The molecule has 0 aliphatic carbocycles. The number of rotatable bonds is 7. The number of carbonyl (C=O) groups is 1. The molecule has 1 N–H and O–H groups in total. The van der Waals surface area contributed by atoms with Gasteiger partial charge in [0.25, 0.3) is 0 Å². The molecular formula is C14H21NO4. The maximum Gasteiger partial charge on any atom is 0.224 e. The van der Waals surface area contributed by atoms with Crippen molar-refractivity contribution in [2.75, 3.05) is 27.9 Å². The highest BCUT2D eigenvalue weighted by Crippen LogP contribution is 2.27. The maximum absolute atomic E-state index is 11.7. The lowest BCUT2D eigenvalue weighted by Crippen LogP contribution is -2.32. The van der Waals surface area contributed by atoms with Crippen molar-refractivity contribution in [2.24, 2.45) is 0 Å². The predicted molar refractivity (Wildman–Crippen MR) is 72.7 cm³/mol. The van der Waals surface area contributed by atoms with Gasteiger partial charge in [-0.3, -0.25) is 4.79 Å². The minimum Gasteiger partial charge on any atom is -0.493 e. The van der Waals surface area contributed by atoms with E-state index in [0.717, 1.165) is 5.56 Å². The van der Waals surface area contributed by atoms with Crippen molar-refractivity contribution in [1.29, 1.82) is 0 Å². The Balaban J connectivity index is 2.59. The van der Waals surface area contributed by atoms with Crippen LogP contribution in [0.5, 0.6) is 11.5 Å². The molecule has 1 aromatic carbocycles. The highest BCUT2D eigenvalue weighted by atomic mass is 16.5. The molecule has 1 amide bonds. The van der Waals surface area contributed by atoms with Crippen LogP contribution in [0.15, 0.2) is 18.2 Å². The van der Waals surface area contributed by atoms with Gasteiger partial charge in [-0.05, 0) is 24.6 Å². The van der Waals surface area contributed by atoms with Gasteiger partial charge in [0, 0.05) is 13.7 Å². The van der Waals surface area contributed by atoms with Crippen LogP contribution in [0.1, 0.15) is 12.5 Å². The van der Waals surface area contributed by atoms with E-state index in [9.17, 15) is 4.79 Å². The first-order valence-corrected chi connectivity index (χ1v) is 6.11. The zero-order chi connectivity index (χ0) is 14.3. The molecule has 0 aromatic heterocycles. The summed E-state index contributed by atoms with van der Waals surface area (Å²) in [5.74, 6) is 1.23. The summed E-state index contributed by atoms with van der Waals surface area (Å²) >= 11 is 0. The van der Waals surface area contributed by atoms with E-state index in [1.807, 2.05) is 13.0 Å². The van der Waals surface area contributed by atoms with Gasteiger partial charge in [-0.25, -0.2) is 0 Å². The van der Waals surface area contributed by atoms with Crippen molar-refractivity contribution in [3.8, 4) is 11.5 Å². The number of hydrogen-bond donors (Lipinski definition) is 1. The number of nitrogens with one attached hydrogen (secondary N) is 1. The molecular weight excluding hydrogens is 246 g/mol. The Bertz CT molecular complexity index is 420. The fourth-order valence-electron chi connectivity index (χ4n) is 1.58. The molecule has 0 spiro atoms. The van der Waals surface area contributed by atoms with E-state index in [1.165, 1.54) is 0 Å². The third-order valence-electron chi connectivity index (χ3n) is 2.80. The minimum absolute atomic E-state index is 0.00866. The van der Waals surface area contributed by atoms with Crippen LogP contribution in [0.2, 0.25) is 0 Å². The van der Waals surface area contributed by atoms with Gasteiger partial charge in [0.1, 0.15) is 0 Å². The Morgan fingerprint density at radius 3 is 2.47 bits per heavy atom. The van der Waals surface area contributed by atoms with E-state index in [1.54, 1.807) is 33.5 Å². The topological polar surface area (TPSA) is 56.8 Å². The molecule has 0 saturated carbocycles.